The highest BCUT2D eigenvalue weighted by Crippen LogP contribution is 2.28. The zero-order valence-corrected chi connectivity index (χ0v) is 13.3. The largest absolute Gasteiger partial charge is 0.480 e. The maximum atomic E-state index is 12.5. The Kier molecular flexibility index (Phi) is 6.15. The highest BCUT2D eigenvalue weighted by Gasteiger charge is 2.37. The van der Waals surface area contributed by atoms with Crippen LogP contribution in [0.3, 0.4) is 0 Å². The molecule has 21 heavy (non-hydrogen) atoms. The summed E-state index contributed by atoms with van der Waals surface area (Å²) in [4.78, 5) is 25.4. The summed E-state index contributed by atoms with van der Waals surface area (Å²) in [7, 11) is 0. The Hall–Kier alpha value is -1.62. The summed E-state index contributed by atoms with van der Waals surface area (Å²) in [5.74, 6) is -0.954. The number of carboxylic acid groups (broad SMARTS) is 1. The summed E-state index contributed by atoms with van der Waals surface area (Å²) in [6, 6.07) is -1.47. The minimum absolute atomic E-state index is 0.273. The molecule has 0 spiro atoms. The normalized spacial score (nSPS) is 24.7. The average molecular weight is 294 g/mol. The Bertz CT molecular complexity index is 466. The first-order chi connectivity index (χ1) is 9.81. The van der Waals surface area contributed by atoms with E-state index in [1.807, 2.05) is 39.8 Å². The summed E-state index contributed by atoms with van der Waals surface area (Å²) in [6.45, 7) is 8.09. The number of allylic oxidation sites excluding steroid dienone is 2. The fourth-order valence-electron chi connectivity index (χ4n) is 2.70. The lowest BCUT2D eigenvalue weighted by atomic mass is 9.90. The van der Waals surface area contributed by atoms with E-state index in [1.54, 1.807) is 0 Å². The zero-order chi connectivity index (χ0) is 16.2. The van der Waals surface area contributed by atoms with Gasteiger partial charge >= 0.3 is 5.97 Å². The van der Waals surface area contributed by atoms with Crippen molar-refractivity contribution in [3.05, 3.63) is 23.3 Å². The summed E-state index contributed by atoms with van der Waals surface area (Å²) in [6.07, 6.45) is 4.75. The number of amides is 1. The Labute approximate surface area is 126 Å². The molecule has 118 valence electrons. The lowest BCUT2D eigenvalue weighted by Gasteiger charge is -2.37. The van der Waals surface area contributed by atoms with Gasteiger partial charge in [0.2, 0.25) is 5.91 Å². The molecule has 0 bridgehead atoms. The van der Waals surface area contributed by atoms with Crippen LogP contribution in [0, 0.1) is 5.92 Å². The number of nitrogens with two attached hydrogens (primary N) is 1. The number of likely N-dealkylation sites (tertiary alicyclic amines) is 1. The Morgan fingerprint density at radius 1 is 1.33 bits per heavy atom. The second-order valence-corrected chi connectivity index (χ2v) is 5.89. The molecule has 1 fully saturated rings. The van der Waals surface area contributed by atoms with Crippen molar-refractivity contribution in [3.8, 4) is 0 Å². The van der Waals surface area contributed by atoms with E-state index in [0.29, 0.717) is 25.3 Å². The quantitative estimate of drug-likeness (QED) is 0.830. The number of rotatable bonds is 4. The monoisotopic (exact) mass is 294 g/mol. The summed E-state index contributed by atoms with van der Waals surface area (Å²) in [5.41, 5.74) is 7.94. The molecular formula is C16H26N2O3. The van der Waals surface area contributed by atoms with Crippen molar-refractivity contribution < 1.29 is 14.7 Å². The van der Waals surface area contributed by atoms with Crippen LogP contribution in [0.4, 0.5) is 0 Å². The topological polar surface area (TPSA) is 83.6 Å². The van der Waals surface area contributed by atoms with Crippen LogP contribution < -0.4 is 5.73 Å². The van der Waals surface area contributed by atoms with Gasteiger partial charge in [0.05, 0.1) is 6.04 Å². The van der Waals surface area contributed by atoms with Gasteiger partial charge in [-0.3, -0.25) is 4.79 Å². The van der Waals surface area contributed by atoms with Gasteiger partial charge in [0, 0.05) is 13.0 Å². The fraction of sp³-hybridized carbons (Fsp3) is 0.625. The van der Waals surface area contributed by atoms with Crippen LogP contribution in [0.15, 0.2) is 23.3 Å². The van der Waals surface area contributed by atoms with Gasteiger partial charge < -0.3 is 15.7 Å². The zero-order valence-electron chi connectivity index (χ0n) is 13.3. The molecule has 0 aliphatic carbocycles. The second kappa shape index (κ2) is 7.41. The molecule has 3 N–H and O–H groups in total. The lowest BCUT2D eigenvalue weighted by Crippen LogP contribution is -2.54. The first-order valence-electron chi connectivity index (χ1n) is 7.41. The minimum atomic E-state index is -0.977. The number of carbonyl (C=O) groups excluding carboxylic acids is 1. The average Bonchev–Trinajstić information content (AvgIpc) is 2.43. The first kappa shape index (κ1) is 17.4. The molecule has 1 aliphatic rings. The molecule has 0 aromatic carbocycles. The maximum Gasteiger partial charge on any atom is 0.326 e. The van der Waals surface area contributed by atoms with Gasteiger partial charge in [-0.15, -0.1) is 0 Å². The number of aliphatic carboxylic acids is 1. The van der Waals surface area contributed by atoms with Crippen LogP contribution in [0.5, 0.6) is 0 Å². The minimum Gasteiger partial charge on any atom is -0.480 e. The first-order valence-corrected chi connectivity index (χ1v) is 7.41. The number of hydrogen-bond acceptors (Lipinski definition) is 3. The number of hydrogen-bond donors (Lipinski definition) is 2. The number of carbonyl (C=O) groups is 2. The number of carboxylic acids is 1. The van der Waals surface area contributed by atoms with Crippen molar-refractivity contribution in [2.24, 2.45) is 11.7 Å². The molecule has 0 saturated carbocycles. The number of piperidine rings is 1. The van der Waals surface area contributed by atoms with Crippen LogP contribution in [-0.2, 0) is 9.59 Å². The highest BCUT2D eigenvalue weighted by atomic mass is 16.4. The van der Waals surface area contributed by atoms with E-state index in [1.165, 1.54) is 4.90 Å². The molecule has 1 unspecified atom stereocenters. The Morgan fingerprint density at radius 3 is 2.33 bits per heavy atom. The molecule has 5 heteroatoms. The molecule has 1 amide bonds. The van der Waals surface area contributed by atoms with Gasteiger partial charge in [-0.25, -0.2) is 4.79 Å². The van der Waals surface area contributed by atoms with Crippen LogP contribution >= 0.6 is 0 Å². The van der Waals surface area contributed by atoms with Crippen molar-refractivity contribution in [2.45, 2.75) is 52.6 Å². The maximum absolute atomic E-state index is 12.5. The van der Waals surface area contributed by atoms with Crippen molar-refractivity contribution in [3.63, 3.8) is 0 Å². The van der Waals surface area contributed by atoms with Crippen LogP contribution in [0.1, 0.15) is 40.5 Å². The standard InChI is InChI=1S/C16H26N2O3/c1-5-11-8-14(16(20)21)18(9-12(11)6-2)15(19)13(17)7-10(3)4/h5-6,10,13-14H,7-9,17H2,1-4H3,(H,20,21)/b11-5-,12-6-/t13?,14-/m0/s1. The van der Waals surface area contributed by atoms with Crippen LogP contribution in [0.25, 0.3) is 0 Å². The lowest BCUT2D eigenvalue weighted by molar-refractivity contribution is -0.151. The molecule has 1 rings (SSSR count). The van der Waals surface area contributed by atoms with E-state index in [0.717, 1.165) is 11.1 Å². The summed E-state index contributed by atoms with van der Waals surface area (Å²) >= 11 is 0. The van der Waals surface area contributed by atoms with Crippen LogP contribution in [-0.4, -0.2) is 40.5 Å². The molecule has 0 aromatic heterocycles. The molecule has 0 aromatic rings. The Morgan fingerprint density at radius 2 is 1.90 bits per heavy atom. The predicted molar refractivity (Wildman–Crippen MR) is 82.7 cm³/mol. The highest BCUT2D eigenvalue weighted by molar-refractivity contribution is 5.88. The summed E-state index contributed by atoms with van der Waals surface area (Å²) in [5, 5.41) is 9.41. The SMILES string of the molecule is C/C=C1/C[C@@H](C(=O)O)N(C(=O)C(N)CC(C)C)C/C1=C/C. The van der Waals surface area contributed by atoms with Crippen molar-refractivity contribution in [2.75, 3.05) is 6.54 Å². The van der Waals surface area contributed by atoms with E-state index >= 15 is 0 Å². The van der Waals surface area contributed by atoms with Gasteiger partial charge in [0.25, 0.3) is 0 Å². The molecule has 5 nitrogen and oxygen atoms in total. The smallest absolute Gasteiger partial charge is 0.326 e. The van der Waals surface area contributed by atoms with Gasteiger partial charge in [-0.2, -0.15) is 0 Å². The molecule has 1 saturated heterocycles. The van der Waals surface area contributed by atoms with Crippen molar-refractivity contribution >= 4 is 11.9 Å². The second-order valence-electron chi connectivity index (χ2n) is 5.89. The van der Waals surface area contributed by atoms with Crippen molar-refractivity contribution in [1.82, 2.24) is 4.90 Å². The third-order valence-corrected chi connectivity index (χ3v) is 3.85. The van der Waals surface area contributed by atoms with E-state index in [-0.39, 0.29) is 5.91 Å². The van der Waals surface area contributed by atoms with Crippen molar-refractivity contribution in [1.29, 1.82) is 0 Å². The molecule has 1 heterocycles. The van der Waals surface area contributed by atoms with Gasteiger partial charge in [-0.1, -0.05) is 26.0 Å². The molecule has 2 atom stereocenters. The Balaban J connectivity index is 3.01. The van der Waals surface area contributed by atoms with E-state index in [4.69, 9.17) is 5.73 Å². The summed E-state index contributed by atoms with van der Waals surface area (Å²) < 4.78 is 0. The van der Waals surface area contributed by atoms with E-state index < -0.39 is 18.1 Å². The molecular weight excluding hydrogens is 268 g/mol. The fourth-order valence-corrected chi connectivity index (χ4v) is 2.70. The van der Waals surface area contributed by atoms with Gasteiger partial charge in [0.1, 0.15) is 6.04 Å². The van der Waals surface area contributed by atoms with E-state index in [9.17, 15) is 14.7 Å². The molecule has 0 radical (unpaired) electrons. The van der Waals surface area contributed by atoms with Gasteiger partial charge in [-0.05, 0) is 37.3 Å². The van der Waals surface area contributed by atoms with E-state index in [2.05, 4.69) is 0 Å². The third kappa shape index (κ3) is 4.17. The van der Waals surface area contributed by atoms with Crippen LogP contribution in [0.2, 0.25) is 0 Å². The number of nitrogens with zero attached hydrogens (tertiary/aromatic N) is 1. The third-order valence-electron chi connectivity index (χ3n) is 3.85. The predicted octanol–water partition coefficient (Wildman–Crippen LogP) is 1.94. The molecule has 1 aliphatic heterocycles. The van der Waals surface area contributed by atoms with Gasteiger partial charge in [0.15, 0.2) is 0 Å².